The van der Waals surface area contributed by atoms with Crippen molar-refractivity contribution in [1.29, 1.82) is 0 Å². The van der Waals surface area contributed by atoms with Gasteiger partial charge in [0.15, 0.2) is 11.5 Å². The normalized spacial score (nSPS) is 18.8. The monoisotopic (exact) mass is 562 g/mol. The largest absolute Gasteiger partial charge is 0.385 e. The van der Waals surface area contributed by atoms with Gasteiger partial charge in [0.05, 0.1) is 11.0 Å². The number of nitrogens with zero attached hydrogens (tertiary/aromatic N) is 7. The van der Waals surface area contributed by atoms with Crippen molar-refractivity contribution in [3.05, 3.63) is 39.0 Å². The number of benzene rings is 1. The Hall–Kier alpha value is -2.82. The second kappa shape index (κ2) is 13.4. The summed E-state index contributed by atoms with van der Waals surface area (Å²) in [7, 11) is 0. The number of hydrogen-bond donors (Lipinski definition) is 1. The first-order chi connectivity index (χ1) is 20.2. The lowest BCUT2D eigenvalue weighted by Gasteiger charge is -2.21. The summed E-state index contributed by atoms with van der Waals surface area (Å²) in [6, 6.07) is 6.16. The van der Waals surface area contributed by atoms with Crippen molar-refractivity contribution in [2.75, 3.05) is 70.8 Å². The van der Waals surface area contributed by atoms with Gasteiger partial charge in [0, 0.05) is 25.3 Å². The highest BCUT2D eigenvalue weighted by Gasteiger charge is 2.22. The van der Waals surface area contributed by atoms with Crippen molar-refractivity contribution in [3.8, 4) is 11.5 Å². The molecule has 222 valence electrons. The molecule has 0 aromatic heterocycles. The molecular weight excluding hydrogens is 516 g/mol. The van der Waals surface area contributed by atoms with Crippen LogP contribution in [0.4, 0.5) is 5.69 Å². The third-order valence-electron chi connectivity index (χ3n) is 9.13. The molecule has 6 rings (SSSR count). The van der Waals surface area contributed by atoms with Crippen LogP contribution in [-0.4, -0.2) is 99.2 Å². The van der Waals surface area contributed by atoms with Crippen molar-refractivity contribution >= 4 is 16.7 Å². The first-order valence-corrected chi connectivity index (χ1v) is 16.0. The van der Waals surface area contributed by atoms with Gasteiger partial charge in [0.25, 0.3) is 5.56 Å². The number of aryl methyl sites for hydroxylation is 1. The van der Waals surface area contributed by atoms with Crippen LogP contribution in [0.25, 0.3) is 22.6 Å². The van der Waals surface area contributed by atoms with Gasteiger partial charge in [0.2, 0.25) is 0 Å². The average molecular weight is 563 g/mol. The zero-order valence-corrected chi connectivity index (χ0v) is 24.5. The molecule has 5 aliphatic rings. The molecule has 0 radical (unpaired) electrons. The number of rotatable bonds is 13. The maximum Gasteiger partial charge on any atom is 0.352 e. The molecule has 10 heteroatoms. The van der Waals surface area contributed by atoms with E-state index in [1.807, 2.05) is 6.07 Å². The fraction of sp³-hybridized carbons (Fsp3) is 0.677. The molecule has 0 bridgehead atoms. The number of likely N-dealkylation sites (tertiary alicyclic amines) is 3. The van der Waals surface area contributed by atoms with Crippen LogP contribution in [0.15, 0.2) is 27.8 Å². The lowest BCUT2D eigenvalue weighted by molar-refractivity contribution is 0.322. The van der Waals surface area contributed by atoms with Gasteiger partial charge in [-0.1, -0.05) is 0 Å². The fourth-order valence-corrected chi connectivity index (χ4v) is 6.86. The van der Waals surface area contributed by atoms with E-state index in [4.69, 9.17) is 4.98 Å². The van der Waals surface area contributed by atoms with Crippen molar-refractivity contribution in [1.82, 2.24) is 33.8 Å². The molecule has 10 nitrogen and oxygen atoms in total. The maximum absolute atomic E-state index is 13.6. The first kappa shape index (κ1) is 28.3. The minimum Gasteiger partial charge on any atom is -0.385 e. The van der Waals surface area contributed by atoms with Crippen molar-refractivity contribution in [3.63, 3.8) is 0 Å². The molecule has 41 heavy (non-hydrogen) atoms. The minimum absolute atomic E-state index is 0.297. The molecule has 3 fully saturated rings. The SMILES string of the molecule is O=c1nc2n(CCCN3CCCC3)c3cc(NCCCN4CCCC4)ccc3nc-2c(=O)n1CCCN1CCCC1. The molecule has 1 aromatic rings. The number of aromatic nitrogens is 4. The molecule has 0 spiro atoms. The van der Waals surface area contributed by atoms with Gasteiger partial charge in [-0.05, 0) is 135 Å². The molecule has 3 saturated heterocycles. The Morgan fingerprint density at radius 2 is 1.22 bits per heavy atom. The molecule has 1 N–H and O–H groups in total. The molecule has 0 unspecified atom stereocenters. The summed E-state index contributed by atoms with van der Waals surface area (Å²) >= 11 is 0. The molecule has 5 heterocycles. The Labute approximate surface area is 242 Å². The predicted octanol–water partition coefficient (Wildman–Crippen LogP) is 2.93. The number of nitrogens with one attached hydrogen (secondary N) is 1. The minimum atomic E-state index is -0.463. The standard InChI is InChI=1S/C31H46N8O2/c40-30-28-29(34-31(41)39(30)23-9-21-37-17-5-6-18-37)38(22-8-20-36-15-3-4-16-36)27-24-25(10-11-26(27)33-28)32-12-7-19-35-13-1-2-14-35/h10-11,24,32H,1-9,12-23H2. The number of hydrogen-bond acceptors (Lipinski definition) is 8. The van der Waals surface area contributed by atoms with Gasteiger partial charge in [-0.25, -0.2) is 9.78 Å². The zero-order chi connectivity index (χ0) is 28.0. The van der Waals surface area contributed by atoms with E-state index in [1.54, 1.807) is 0 Å². The van der Waals surface area contributed by atoms with E-state index in [0.29, 0.717) is 24.6 Å². The van der Waals surface area contributed by atoms with Crippen LogP contribution in [0.1, 0.15) is 57.8 Å². The second-order valence-electron chi connectivity index (χ2n) is 12.1. The summed E-state index contributed by atoms with van der Waals surface area (Å²) in [5.74, 6) is 0.413. The molecule has 0 aliphatic carbocycles. The highest BCUT2D eigenvalue weighted by atomic mass is 16.2. The maximum atomic E-state index is 13.6. The summed E-state index contributed by atoms with van der Waals surface area (Å²) in [5.41, 5.74) is 2.23. The summed E-state index contributed by atoms with van der Waals surface area (Å²) < 4.78 is 3.36. The summed E-state index contributed by atoms with van der Waals surface area (Å²) in [6.07, 6.45) is 10.4. The Morgan fingerprint density at radius 3 is 1.83 bits per heavy atom. The third-order valence-corrected chi connectivity index (χ3v) is 9.13. The van der Waals surface area contributed by atoms with Crippen LogP contribution in [0.3, 0.4) is 0 Å². The Morgan fingerprint density at radius 1 is 0.659 bits per heavy atom. The Balaban J connectivity index is 1.25. The molecule has 0 atom stereocenters. The van der Waals surface area contributed by atoms with Crippen molar-refractivity contribution in [2.24, 2.45) is 0 Å². The van der Waals surface area contributed by atoms with Crippen LogP contribution >= 0.6 is 0 Å². The van der Waals surface area contributed by atoms with Crippen LogP contribution in [0.2, 0.25) is 0 Å². The predicted molar refractivity (Wildman–Crippen MR) is 164 cm³/mol. The van der Waals surface area contributed by atoms with Gasteiger partial charge < -0.3 is 24.6 Å². The topological polar surface area (TPSA) is 91.5 Å². The van der Waals surface area contributed by atoms with Crippen molar-refractivity contribution < 1.29 is 0 Å². The fourth-order valence-electron chi connectivity index (χ4n) is 6.86. The first-order valence-electron chi connectivity index (χ1n) is 16.0. The number of fused-ring (bicyclic) bond motifs is 2. The van der Waals surface area contributed by atoms with Crippen LogP contribution in [0, 0.1) is 0 Å². The van der Waals surface area contributed by atoms with E-state index in [2.05, 4.69) is 41.7 Å². The molecule has 0 saturated carbocycles. The Bertz CT molecular complexity index is 1380. The van der Waals surface area contributed by atoms with Gasteiger partial charge in [0.1, 0.15) is 0 Å². The summed E-state index contributed by atoms with van der Waals surface area (Å²) in [4.78, 5) is 43.5. The van der Waals surface area contributed by atoms with E-state index in [0.717, 1.165) is 88.3 Å². The van der Waals surface area contributed by atoms with Crippen molar-refractivity contribution in [2.45, 2.75) is 70.9 Å². The molecular formula is C31H46N8O2. The van der Waals surface area contributed by atoms with Gasteiger partial charge >= 0.3 is 5.69 Å². The van der Waals surface area contributed by atoms with E-state index >= 15 is 0 Å². The van der Waals surface area contributed by atoms with E-state index in [-0.39, 0.29) is 5.56 Å². The summed E-state index contributed by atoms with van der Waals surface area (Å²) in [5, 5.41) is 3.59. The average Bonchev–Trinajstić information content (AvgIpc) is 3.78. The van der Waals surface area contributed by atoms with Gasteiger partial charge in [-0.2, -0.15) is 4.98 Å². The van der Waals surface area contributed by atoms with Crippen LogP contribution in [-0.2, 0) is 13.1 Å². The van der Waals surface area contributed by atoms with Crippen LogP contribution < -0.4 is 16.6 Å². The van der Waals surface area contributed by atoms with Gasteiger partial charge in [-0.3, -0.25) is 9.36 Å². The van der Waals surface area contributed by atoms with E-state index < -0.39 is 5.69 Å². The zero-order valence-electron chi connectivity index (χ0n) is 24.5. The molecule has 5 aliphatic heterocycles. The van der Waals surface area contributed by atoms with Crippen LogP contribution in [0.5, 0.6) is 0 Å². The lowest BCUT2D eigenvalue weighted by Crippen LogP contribution is -2.39. The highest BCUT2D eigenvalue weighted by Crippen LogP contribution is 2.25. The van der Waals surface area contributed by atoms with E-state index in [9.17, 15) is 9.59 Å². The molecule has 0 amide bonds. The van der Waals surface area contributed by atoms with Gasteiger partial charge in [-0.15, -0.1) is 0 Å². The smallest absolute Gasteiger partial charge is 0.352 e. The number of anilines is 1. The molecule has 1 aromatic carbocycles. The summed E-state index contributed by atoms with van der Waals surface area (Å²) in [6.45, 7) is 12.0. The quantitative estimate of drug-likeness (QED) is 0.251. The highest BCUT2D eigenvalue weighted by molar-refractivity contribution is 5.82. The third kappa shape index (κ3) is 6.81. The second-order valence-corrected chi connectivity index (χ2v) is 12.1. The lowest BCUT2D eigenvalue weighted by atomic mass is 10.2. The Kier molecular flexibility index (Phi) is 9.28. The van der Waals surface area contributed by atoms with E-state index in [1.165, 1.54) is 56.2 Å².